The van der Waals surface area contributed by atoms with E-state index >= 15 is 0 Å². The monoisotopic (exact) mass is 592 g/mol. The molecule has 2 amide bonds. The highest BCUT2D eigenvalue weighted by atomic mass is 19.4. The Hall–Kier alpha value is -3.83. The van der Waals surface area contributed by atoms with Gasteiger partial charge in [0.15, 0.2) is 0 Å². The van der Waals surface area contributed by atoms with E-state index in [2.05, 4.69) is 10.2 Å². The molecule has 224 valence electrons. The number of hydrogen-bond donors (Lipinski definition) is 1. The third-order valence-corrected chi connectivity index (χ3v) is 7.88. The number of alkyl halides is 6. The zero-order valence-corrected chi connectivity index (χ0v) is 23.5. The number of benzene rings is 2. The van der Waals surface area contributed by atoms with Crippen LogP contribution in [-0.2, 0) is 25.4 Å². The summed E-state index contributed by atoms with van der Waals surface area (Å²) in [5, 5.41) is 6.37. The van der Waals surface area contributed by atoms with Crippen molar-refractivity contribution in [2.45, 2.75) is 84.0 Å². The third kappa shape index (κ3) is 5.50. The number of halogens is 6. The molecule has 0 bridgehead atoms. The van der Waals surface area contributed by atoms with Crippen molar-refractivity contribution in [3.63, 3.8) is 0 Å². The Morgan fingerprint density at radius 1 is 0.786 bits per heavy atom. The first-order valence-electron chi connectivity index (χ1n) is 13.7. The maximum Gasteiger partial charge on any atom is 0.416 e. The average molecular weight is 593 g/mol. The van der Waals surface area contributed by atoms with Crippen LogP contribution in [0.1, 0.15) is 95.0 Å². The summed E-state index contributed by atoms with van der Waals surface area (Å²) in [6, 6.07) is 6.81. The van der Waals surface area contributed by atoms with E-state index in [0.717, 1.165) is 18.9 Å². The van der Waals surface area contributed by atoms with Crippen LogP contribution < -0.4 is 0 Å². The topological polar surface area (TPSA) is 69.3 Å². The van der Waals surface area contributed by atoms with E-state index in [9.17, 15) is 35.9 Å². The molecule has 0 atom stereocenters. The van der Waals surface area contributed by atoms with Gasteiger partial charge in [0.1, 0.15) is 0 Å². The van der Waals surface area contributed by atoms with E-state index in [-0.39, 0.29) is 65.2 Å². The molecule has 1 saturated carbocycles. The molecule has 1 aliphatic carbocycles. The van der Waals surface area contributed by atoms with E-state index in [1.807, 2.05) is 13.8 Å². The number of carbonyl (C=O) groups is 2. The SMILES string of the molecule is CC(C)N1Cc2c(cc(-c3ccn[nH]3)cc2C(F)(F)F)C1=O.CC(C)N1Cc2c(cc(C3CC3)cc2C(F)(F)F)C1=O. The summed E-state index contributed by atoms with van der Waals surface area (Å²) in [4.78, 5) is 27.6. The molecule has 3 aromatic rings. The van der Waals surface area contributed by atoms with Gasteiger partial charge in [-0.1, -0.05) is 0 Å². The van der Waals surface area contributed by atoms with Gasteiger partial charge in [0.25, 0.3) is 11.8 Å². The first-order valence-corrected chi connectivity index (χ1v) is 13.7. The first-order chi connectivity index (χ1) is 19.6. The second kappa shape index (κ2) is 10.5. The summed E-state index contributed by atoms with van der Waals surface area (Å²) in [7, 11) is 0. The smallest absolute Gasteiger partial charge is 0.332 e. The summed E-state index contributed by atoms with van der Waals surface area (Å²) < 4.78 is 79.8. The third-order valence-electron chi connectivity index (χ3n) is 7.88. The second-order valence-corrected chi connectivity index (χ2v) is 11.4. The zero-order valence-electron chi connectivity index (χ0n) is 23.5. The van der Waals surface area contributed by atoms with Crippen molar-refractivity contribution in [1.82, 2.24) is 20.0 Å². The highest BCUT2D eigenvalue weighted by molar-refractivity contribution is 6.00. The maximum absolute atomic E-state index is 13.4. The Kier molecular flexibility index (Phi) is 7.39. The molecule has 0 unspecified atom stereocenters. The van der Waals surface area contributed by atoms with Crippen LogP contribution in [0.4, 0.5) is 26.3 Å². The fourth-order valence-electron chi connectivity index (χ4n) is 5.45. The zero-order chi connectivity index (χ0) is 30.7. The minimum absolute atomic E-state index is 0.00999. The largest absolute Gasteiger partial charge is 0.416 e. The number of hydrogen-bond acceptors (Lipinski definition) is 3. The Labute approximate surface area is 238 Å². The average Bonchev–Trinajstić information content (AvgIpc) is 3.33. The quantitative estimate of drug-likeness (QED) is 0.321. The Balaban J connectivity index is 0.000000169. The van der Waals surface area contributed by atoms with Gasteiger partial charge in [-0.2, -0.15) is 31.4 Å². The molecule has 42 heavy (non-hydrogen) atoms. The van der Waals surface area contributed by atoms with Gasteiger partial charge in [-0.3, -0.25) is 14.7 Å². The van der Waals surface area contributed by atoms with Gasteiger partial charge in [0.05, 0.1) is 16.8 Å². The lowest BCUT2D eigenvalue weighted by Crippen LogP contribution is -2.30. The lowest BCUT2D eigenvalue weighted by Gasteiger charge is -2.20. The summed E-state index contributed by atoms with van der Waals surface area (Å²) in [6.07, 6.45) is -5.62. The van der Waals surface area contributed by atoms with Crippen molar-refractivity contribution in [1.29, 1.82) is 0 Å². The van der Waals surface area contributed by atoms with E-state index in [4.69, 9.17) is 0 Å². The number of rotatable bonds is 4. The van der Waals surface area contributed by atoms with Crippen molar-refractivity contribution < 1.29 is 35.9 Å². The molecule has 3 aliphatic rings. The minimum atomic E-state index is -4.51. The van der Waals surface area contributed by atoms with E-state index in [0.29, 0.717) is 16.8 Å². The van der Waals surface area contributed by atoms with Gasteiger partial charge in [-0.15, -0.1) is 0 Å². The number of nitrogens with one attached hydrogen (secondary N) is 1. The Morgan fingerprint density at radius 2 is 1.29 bits per heavy atom. The fourth-order valence-corrected chi connectivity index (χ4v) is 5.45. The van der Waals surface area contributed by atoms with Gasteiger partial charge in [-0.05, 0) is 93.5 Å². The number of aromatic nitrogens is 2. The number of H-pyrrole nitrogens is 1. The van der Waals surface area contributed by atoms with Crippen LogP contribution in [0, 0.1) is 0 Å². The van der Waals surface area contributed by atoms with E-state index < -0.39 is 23.5 Å². The molecule has 1 N–H and O–H groups in total. The number of nitrogens with zero attached hydrogens (tertiary/aromatic N) is 3. The normalized spacial score (nSPS) is 16.8. The molecule has 1 fully saturated rings. The fraction of sp³-hybridized carbons (Fsp3) is 0.433. The lowest BCUT2D eigenvalue weighted by molar-refractivity contribution is -0.139. The molecule has 6 nitrogen and oxygen atoms in total. The van der Waals surface area contributed by atoms with Gasteiger partial charge < -0.3 is 9.80 Å². The van der Waals surface area contributed by atoms with Gasteiger partial charge >= 0.3 is 12.4 Å². The molecule has 6 rings (SSSR count). The summed E-state index contributed by atoms with van der Waals surface area (Å²) in [5.74, 6) is -0.442. The molecule has 3 heterocycles. The number of amides is 2. The van der Waals surface area contributed by atoms with Crippen LogP contribution >= 0.6 is 0 Å². The predicted octanol–water partition coefficient (Wildman–Crippen LogP) is 7.41. The number of fused-ring (bicyclic) bond motifs is 2. The van der Waals surface area contributed by atoms with Crippen molar-refractivity contribution >= 4 is 11.8 Å². The summed E-state index contributed by atoms with van der Waals surface area (Å²) in [5.41, 5.74) is 0.583. The van der Waals surface area contributed by atoms with Gasteiger partial charge in [0.2, 0.25) is 0 Å². The highest BCUT2D eigenvalue weighted by Gasteiger charge is 2.42. The number of carbonyl (C=O) groups excluding carboxylic acids is 2. The van der Waals surface area contributed by atoms with Crippen LogP contribution in [0.2, 0.25) is 0 Å². The van der Waals surface area contributed by atoms with Crippen molar-refractivity contribution in [3.8, 4) is 11.3 Å². The van der Waals surface area contributed by atoms with Gasteiger partial charge in [-0.25, -0.2) is 0 Å². The second-order valence-electron chi connectivity index (χ2n) is 11.4. The molecule has 0 spiro atoms. The Morgan fingerprint density at radius 3 is 1.71 bits per heavy atom. The predicted molar refractivity (Wildman–Crippen MR) is 142 cm³/mol. The maximum atomic E-state index is 13.4. The van der Waals surface area contributed by atoms with Crippen molar-refractivity contribution in [2.75, 3.05) is 0 Å². The van der Waals surface area contributed by atoms with Crippen LogP contribution in [0.3, 0.4) is 0 Å². The van der Waals surface area contributed by atoms with E-state index in [1.165, 1.54) is 28.1 Å². The van der Waals surface area contributed by atoms with Crippen LogP contribution in [-0.4, -0.2) is 43.9 Å². The van der Waals surface area contributed by atoms with Crippen LogP contribution in [0.25, 0.3) is 11.3 Å². The van der Waals surface area contributed by atoms with Gasteiger partial charge in [0, 0.05) is 48.1 Å². The summed E-state index contributed by atoms with van der Waals surface area (Å²) >= 11 is 0. The molecule has 0 radical (unpaired) electrons. The highest BCUT2D eigenvalue weighted by Crippen LogP contribution is 2.46. The van der Waals surface area contributed by atoms with Crippen LogP contribution in [0.15, 0.2) is 36.5 Å². The standard InChI is InChI=1S/C15H14F3N3O.C15H16F3NO/c1-8(2)21-7-11-10(14(21)22)5-9(13-3-4-19-20-13)6-12(11)15(16,17)18;1-8(2)19-7-12-11(14(19)20)5-10(9-3-4-9)6-13(12)15(16,17)18/h3-6,8H,7H2,1-2H3,(H,19,20);5-6,8-9H,3-4,7H2,1-2H3. The molecule has 12 heteroatoms. The molecular formula is C30H30F6N4O2. The molecular weight excluding hydrogens is 562 g/mol. The Bertz CT molecular complexity index is 1520. The molecule has 0 saturated heterocycles. The molecule has 1 aromatic heterocycles. The summed E-state index contributed by atoms with van der Waals surface area (Å²) in [6.45, 7) is 7.26. The van der Waals surface area contributed by atoms with Crippen molar-refractivity contribution in [3.05, 3.63) is 75.5 Å². The van der Waals surface area contributed by atoms with E-state index in [1.54, 1.807) is 26.0 Å². The molecule has 2 aromatic carbocycles. The minimum Gasteiger partial charge on any atom is -0.332 e. The molecule has 2 aliphatic heterocycles. The van der Waals surface area contributed by atoms with Crippen molar-refractivity contribution in [2.24, 2.45) is 0 Å². The van der Waals surface area contributed by atoms with Crippen LogP contribution in [0.5, 0.6) is 0 Å². The number of aromatic amines is 1. The first kappa shape index (κ1) is 29.7. The lowest BCUT2D eigenvalue weighted by atomic mass is 9.97.